The fraction of sp³-hybridized carbons (Fsp3) is 0.667. The molecule has 0 N–H and O–H groups in total. The molecule has 2 atom stereocenters. The lowest BCUT2D eigenvalue weighted by Gasteiger charge is -1.81. The Morgan fingerprint density at radius 1 is 1.70 bits per heavy atom. The van der Waals surface area contributed by atoms with Crippen LogP contribution in [-0.2, 0) is 0 Å². The first-order valence-electron chi connectivity index (χ1n) is 3.26. The van der Waals surface area contributed by atoms with Crippen LogP contribution in [0.5, 0.6) is 0 Å². The lowest BCUT2D eigenvalue weighted by atomic mass is 10.3. The van der Waals surface area contributed by atoms with Crippen molar-refractivity contribution in [2.24, 2.45) is 5.92 Å². The minimum absolute atomic E-state index is 0.552. The van der Waals surface area contributed by atoms with Gasteiger partial charge in [-0.05, 0) is 12.3 Å². The van der Waals surface area contributed by atoms with E-state index in [2.05, 4.69) is 39.7 Å². The molecule has 0 aromatic carbocycles. The molecule has 1 fully saturated rings. The van der Waals surface area contributed by atoms with Crippen LogP contribution in [0.15, 0.2) is 4.52 Å². The summed E-state index contributed by atoms with van der Waals surface area (Å²) < 4.78 is 5.70. The lowest BCUT2D eigenvalue weighted by Crippen LogP contribution is -1.79. The third kappa shape index (κ3) is 1.04. The zero-order valence-electron chi connectivity index (χ0n) is 5.54. The highest BCUT2D eigenvalue weighted by Gasteiger charge is 2.38. The summed E-state index contributed by atoms with van der Waals surface area (Å²) in [7, 11) is 0. The Labute approximate surface area is 72.3 Å². The summed E-state index contributed by atoms with van der Waals surface area (Å²) in [6.45, 7) is 2.20. The van der Waals surface area contributed by atoms with E-state index in [1.54, 1.807) is 0 Å². The van der Waals surface area contributed by atoms with Gasteiger partial charge in [0.25, 0.3) is 0 Å². The minimum Gasteiger partial charge on any atom is -0.338 e. The van der Waals surface area contributed by atoms with Crippen molar-refractivity contribution in [1.29, 1.82) is 0 Å². The molecule has 10 heavy (non-hydrogen) atoms. The highest BCUT2D eigenvalue weighted by atomic mass is 127. The van der Waals surface area contributed by atoms with E-state index < -0.39 is 0 Å². The van der Waals surface area contributed by atoms with Gasteiger partial charge in [-0.1, -0.05) is 12.1 Å². The average Bonchev–Trinajstić information content (AvgIpc) is 2.42. The van der Waals surface area contributed by atoms with Crippen LogP contribution in [0.25, 0.3) is 0 Å². The van der Waals surface area contributed by atoms with Crippen LogP contribution >= 0.6 is 22.6 Å². The van der Waals surface area contributed by atoms with Crippen LogP contribution in [0.1, 0.15) is 25.2 Å². The standard InChI is InChI=1S/C6H7IN2O/c1-3-2-4(3)5-8-6(7)9-10-5/h3-4H,2H2,1H3. The molecule has 0 spiro atoms. The smallest absolute Gasteiger partial charge is 0.232 e. The first kappa shape index (κ1) is 6.57. The number of hydrogen-bond acceptors (Lipinski definition) is 3. The third-order valence-electron chi connectivity index (χ3n) is 1.84. The largest absolute Gasteiger partial charge is 0.338 e. The molecule has 2 rings (SSSR count). The van der Waals surface area contributed by atoms with Crippen molar-refractivity contribution in [3.05, 3.63) is 9.72 Å². The summed E-state index contributed by atoms with van der Waals surface area (Å²) in [6.07, 6.45) is 1.21. The van der Waals surface area contributed by atoms with E-state index in [1.165, 1.54) is 6.42 Å². The molecule has 2 unspecified atom stereocenters. The van der Waals surface area contributed by atoms with Gasteiger partial charge in [-0.2, -0.15) is 4.98 Å². The van der Waals surface area contributed by atoms with Crippen molar-refractivity contribution < 1.29 is 4.52 Å². The first-order chi connectivity index (χ1) is 4.77. The summed E-state index contributed by atoms with van der Waals surface area (Å²) >= 11 is 2.05. The van der Waals surface area contributed by atoms with E-state index in [4.69, 9.17) is 4.52 Å². The van der Waals surface area contributed by atoms with Gasteiger partial charge >= 0.3 is 0 Å². The molecule has 0 bridgehead atoms. The molecular weight excluding hydrogens is 243 g/mol. The topological polar surface area (TPSA) is 38.9 Å². The predicted octanol–water partition coefficient (Wildman–Crippen LogP) is 1.80. The molecule has 0 saturated heterocycles. The average molecular weight is 250 g/mol. The Hall–Kier alpha value is -0.130. The van der Waals surface area contributed by atoms with E-state index in [0.29, 0.717) is 9.75 Å². The normalized spacial score (nSPS) is 30.6. The summed E-state index contributed by atoms with van der Waals surface area (Å²) in [6, 6.07) is 0. The van der Waals surface area contributed by atoms with Gasteiger partial charge in [0, 0.05) is 28.5 Å². The molecule has 1 aliphatic carbocycles. The van der Waals surface area contributed by atoms with Gasteiger partial charge in [0.05, 0.1) is 0 Å². The van der Waals surface area contributed by atoms with Gasteiger partial charge in [-0.25, -0.2) is 0 Å². The van der Waals surface area contributed by atoms with Gasteiger partial charge in [-0.15, -0.1) is 0 Å². The summed E-state index contributed by atoms with van der Waals surface area (Å²) in [4.78, 5) is 4.13. The highest BCUT2D eigenvalue weighted by molar-refractivity contribution is 14.1. The van der Waals surface area contributed by atoms with E-state index in [0.717, 1.165) is 11.8 Å². The SMILES string of the molecule is CC1CC1c1nc(I)no1. The maximum absolute atomic E-state index is 4.99. The van der Waals surface area contributed by atoms with Crippen LogP contribution in [0.4, 0.5) is 0 Å². The van der Waals surface area contributed by atoms with Crippen molar-refractivity contribution in [3.8, 4) is 0 Å². The monoisotopic (exact) mass is 250 g/mol. The molecule has 3 nitrogen and oxygen atoms in total. The molecule has 1 aromatic rings. The Kier molecular flexibility index (Phi) is 1.43. The summed E-state index contributed by atoms with van der Waals surface area (Å²) in [5.74, 6) is 2.11. The number of hydrogen-bond donors (Lipinski definition) is 0. The second-order valence-electron chi connectivity index (χ2n) is 2.72. The van der Waals surface area contributed by atoms with Crippen LogP contribution < -0.4 is 0 Å². The van der Waals surface area contributed by atoms with Crippen molar-refractivity contribution >= 4 is 22.6 Å². The molecule has 54 valence electrons. The second kappa shape index (κ2) is 2.18. The van der Waals surface area contributed by atoms with E-state index in [1.807, 2.05) is 0 Å². The number of halogens is 1. The zero-order chi connectivity index (χ0) is 7.14. The Morgan fingerprint density at radius 2 is 2.40 bits per heavy atom. The van der Waals surface area contributed by atoms with Crippen molar-refractivity contribution in [2.45, 2.75) is 19.3 Å². The number of nitrogens with zero attached hydrogens (tertiary/aromatic N) is 2. The maximum atomic E-state index is 4.99. The number of rotatable bonds is 1. The van der Waals surface area contributed by atoms with E-state index >= 15 is 0 Å². The van der Waals surface area contributed by atoms with Crippen LogP contribution in [0.2, 0.25) is 0 Å². The van der Waals surface area contributed by atoms with E-state index in [-0.39, 0.29) is 0 Å². The summed E-state index contributed by atoms with van der Waals surface area (Å²) in [5.41, 5.74) is 0. The molecule has 0 amide bonds. The quantitative estimate of drug-likeness (QED) is 0.713. The molecule has 1 aliphatic rings. The predicted molar refractivity (Wildman–Crippen MR) is 43.5 cm³/mol. The van der Waals surface area contributed by atoms with Gasteiger partial charge in [0.15, 0.2) is 0 Å². The molecule has 4 heteroatoms. The Balaban J connectivity index is 2.20. The first-order valence-corrected chi connectivity index (χ1v) is 4.34. The second-order valence-corrected chi connectivity index (χ2v) is 3.69. The Bertz CT molecular complexity index is 248. The minimum atomic E-state index is 0.552. The van der Waals surface area contributed by atoms with Crippen molar-refractivity contribution in [3.63, 3.8) is 0 Å². The van der Waals surface area contributed by atoms with Gasteiger partial charge in [0.2, 0.25) is 9.72 Å². The molecule has 1 aromatic heterocycles. The zero-order valence-corrected chi connectivity index (χ0v) is 7.70. The third-order valence-corrected chi connectivity index (χ3v) is 2.28. The molecule has 1 heterocycles. The fourth-order valence-electron chi connectivity index (χ4n) is 1.03. The van der Waals surface area contributed by atoms with Crippen LogP contribution in [0, 0.1) is 9.75 Å². The lowest BCUT2D eigenvalue weighted by molar-refractivity contribution is 0.373. The fourth-order valence-corrected chi connectivity index (χ4v) is 1.37. The van der Waals surface area contributed by atoms with Gasteiger partial charge in [-0.3, -0.25) is 0 Å². The van der Waals surface area contributed by atoms with Crippen molar-refractivity contribution in [2.75, 3.05) is 0 Å². The molecular formula is C6H7IN2O. The van der Waals surface area contributed by atoms with Gasteiger partial charge in [0.1, 0.15) is 0 Å². The van der Waals surface area contributed by atoms with E-state index in [9.17, 15) is 0 Å². The highest BCUT2D eigenvalue weighted by Crippen LogP contribution is 2.45. The molecule has 0 radical (unpaired) electrons. The number of aromatic nitrogens is 2. The summed E-state index contributed by atoms with van der Waals surface area (Å²) in [5, 5.41) is 3.71. The van der Waals surface area contributed by atoms with Crippen LogP contribution in [-0.4, -0.2) is 10.1 Å². The maximum Gasteiger partial charge on any atom is 0.232 e. The van der Waals surface area contributed by atoms with Crippen LogP contribution in [0.3, 0.4) is 0 Å². The Morgan fingerprint density at radius 3 is 2.80 bits per heavy atom. The molecule has 0 aliphatic heterocycles. The van der Waals surface area contributed by atoms with Crippen molar-refractivity contribution in [1.82, 2.24) is 10.1 Å². The van der Waals surface area contributed by atoms with Gasteiger partial charge < -0.3 is 4.52 Å². The molecule has 1 saturated carbocycles.